The zero-order chi connectivity index (χ0) is 13.8. The Morgan fingerprint density at radius 3 is 2.65 bits per heavy atom. The lowest BCUT2D eigenvalue weighted by Crippen LogP contribution is -2.27. The number of hydrogen-bond acceptors (Lipinski definition) is 3. The van der Waals surface area contributed by atoms with Gasteiger partial charge in [-0.05, 0) is 55.5 Å². The first-order valence-electron chi connectivity index (χ1n) is 7.27. The Labute approximate surface area is 128 Å². The van der Waals surface area contributed by atoms with Gasteiger partial charge in [-0.15, -0.1) is 12.4 Å². The number of benzene rings is 1. The Morgan fingerprint density at radius 1 is 1.35 bits per heavy atom. The van der Waals surface area contributed by atoms with E-state index in [1.165, 1.54) is 17.5 Å². The first kappa shape index (κ1) is 17.3. The summed E-state index contributed by atoms with van der Waals surface area (Å²) in [5.74, 6) is 1.62. The van der Waals surface area contributed by atoms with Gasteiger partial charge < -0.3 is 10.5 Å². The number of rotatable bonds is 5. The first-order valence-corrected chi connectivity index (χ1v) is 7.27. The van der Waals surface area contributed by atoms with Crippen molar-refractivity contribution in [2.45, 2.75) is 39.3 Å². The molecule has 1 saturated heterocycles. The van der Waals surface area contributed by atoms with Crippen LogP contribution < -0.4 is 10.5 Å². The maximum absolute atomic E-state index is 5.80. The molecule has 4 heteroatoms. The molecule has 114 valence electrons. The van der Waals surface area contributed by atoms with Crippen LogP contribution in [0.4, 0.5) is 0 Å². The largest absolute Gasteiger partial charge is 0.497 e. The highest BCUT2D eigenvalue weighted by Gasteiger charge is 2.28. The Morgan fingerprint density at radius 2 is 2.10 bits per heavy atom. The van der Waals surface area contributed by atoms with E-state index < -0.39 is 0 Å². The molecule has 0 saturated carbocycles. The van der Waals surface area contributed by atoms with Gasteiger partial charge in [0.15, 0.2) is 0 Å². The van der Waals surface area contributed by atoms with Crippen LogP contribution >= 0.6 is 12.4 Å². The molecule has 20 heavy (non-hydrogen) atoms. The van der Waals surface area contributed by atoms with Gasteiger partial charge in [-0.2, -0.15) is 0 Å². The van der Waals surface area contributed by atoms with Gasteiger partial charge in [0.05, 0.1) is 7.11 Å². The Hall–Kier alpha value is -0.770. The molecule has 2 rings (SSSR count). The molecule has 2 N–H and O–H groups in total. The quantitative estimate of drug-likeness (QED) is 0.908. The number of hydrogen-bond donors (Lipinski definition) is 1. The molecule has 0 aromatic heterocycles. The summed E-state index contributed by atoms with van der Waals surface area (Å²) >= 11 is 0. The minimum Gasteiger partial charge on any atom is -0.497 e. The van der Waals surface area contributed by atoms with Gasteiger partial charge in [-0.25, -0.2) is 0 Å². The fourth-order valence-electron chi connectivity index (χ4n) is 3.04. The van der Waals surface area contributed by atoms with Crippen molar-refractivity contribution in [1.29, 1.82) is 0 Å². The van der Waals surface area contributed by atoms with E-state index in [9.17, 15) is 0 Å². The third kappa shape index (κ3) is 3.87. The molecular weight excluding hydrogens is 272 g/mol. The second kappa shape index (κ2) is 7.87. The molecule has 1 aromatic carbocycles. The van der Waals surface area contributed by atoms with Crippen LogP contribution in [0.5, 0.6) is 5.75 Å². The minimum atomic E-state index is 0. The fourth-order valence-corrected chi connectivity index (χ4v) is 3.04. The number of likely N-dealkylation sites (tertiary alicyclic amines) is 1. The van der Waals surface area contributed by atoms with Gasteiger partial charge >= 0.3 is 0 Å². The summed E-state index contributed by atoms with van der Waals surface area (Å²) in [5.41, 5.74) is 8.62. The van der Waals surface area contributed by atoms with E-state index in [0.29, 0.717) is 12.0 Å². The molecule has 1 fully saturated rings. The van der Waals surface area contributed by atoms with E-state index in [1.807, 2.05) is 0 Å². The van der Waals surface area contributed by atoms with Crippen molar-refractivity contribution in [3.05, 3.63) is 29.3 Å². The van der Waals surface area contributed by atoms with Gasteiger partial charge in [0, 0.05) is 19.1 Å². The highest BCUT2D eigenvalue weighted by molar-refractivity contribution is 5.85. The fraction of sp³-hybridized carbons (Fsp3) is 0.625. The van der Waals surface area contributed by atoms with Crippen LogP contribution in [0.25, 0.3) is 0 Å². The monoisotopic (exact) mass is 298 g/mol. The standard InChI is InChI=1S/C16H26N2O.ClH/c1-4-14-8-16(19-3)6-5-15(14)11-18-10-13(9-17)7-12(18)2;/h5-6,8,12-13H,4,7,9-11,17H2,1-3H3;1H. The molecule has 2 atom stereocenters. The van der Waals surface area contributed by atoms with E-state index in [-0.39, 0.29) is 12.4 Å². The predicted molar refractivity (Wildman–Crippen MR) is 86.7 cm³/mol. The summed E-state index contributed by atoms with van der Waals surface area (Å²) in [6.07, 6.45) is 2.28. The zero-order valence-electron chi connectivity index (χ0n) is 12.8. The van der Waals surface area contributed by atoms with Crippen molar-refractivity contribution in [3.8, 4) is 5.75 Å². The summed E-state index contributed by atoms with van der Waals surface area (Å²) in [7, 11) is 1.73. The van der Waals surface area contributed by atoms with E-state index in [4.69, 9.17) is 10.5 Å². The first-order chi connectivity index (χ1) is 9.17. The van der Waals surface area contributed by atoms with Crippen LogP contribution in [0.15, 0.2) is 18.2 Å². The number of methoxy groups -OCH3 is 1. The molecule has 0 amide bonds. The molecule has 2 unspecified atom stereocenters. The van der Waals surface area contributed by atoms with Gasteiger partial charge in [0.25, 0.3) is 0 Å². The van der Waals surface area contributed by atoms with Crippen LogP contribution in [0, 0.1) is 5.92 Å². The molecule has 0 radical (unpaired) electrons. The molecule has 0 spiro atoms. The molecule has 1 heterocycles. The van der Waals surface area contributed by atoms with Gasteiger partial charge in [0.2, 0.25) is 0 Å². The maximum atomic E-state index is 5.80. The molecule has 0 aliphatic carbocycles. The summed E-state index contributed by atoms with van der Waals surface area (Å²) in [4.78, 5) is 2.55. The molecular formula is C16H27ClN2O. The topological polar surface area (TPSA) is 38.5 Å². The number of aryl methyl sites for hydroxylation is 1. The summed E-state index contributed by atoms with van der Waals surface area (Å²) in [5, 5.41) is 0. The Kier molecular flexibility index (Phi) is 6.80. The van der Waals surface area contributed by atoms with E-state index in [2.05, 4.69) is 36.9 Å². The lowest BCUT2D eigenvalue weighted by Gasteiger charge is -2.22. The van der Waals surface area contributed by atoms with Crippen LogP contribution in [0.2, 0.25) is 0 Å². The number of nitrogens with two attached hydrogens (primary N) is 1. The highest BCUT2D eigenvalue weighted by Crippen LogP contribution is 2.26. The predicted octanol–water partition coefficient (Wildman–Crippen LogP) is 2.85. The summed E-state index contributed by atoms with van der Waals surface area (Å²) in [6, 6.07) is 7.08. The average molecular weight is 299 g/mol. The summed E-state index contributed by atoms with van der Waals surface area (Å²) < 4.78 is 5.31. The third-order valence-electron chi connectivity index (χ3n) is 4.29. The number of halogens is 1. The van der Waals surface area contributed by atoms with Crippen LogP contribution in [-0.4, -0.2) is 31.1 Å². The minimum absolute atomic E-state index is 0. The van der Waals surface area contributed by atoms with Crippen molar-refractivity contribution in [3.63, 3.8) is 0 Å². The van der Waals surface area contributed by atoms with Crippen LogP contribution in [0.1, 0.15) is 31.4 Å². The molecule has 3 nitrogen and oxygen atoms in total. The highest BCUT2D eigenvalue weighted by atomic mass is 35.5. The third-order valence-corrected chi connectivity index (χ3v) is 4.29. The van der Waals surface area contributed by atoms with E-state index in [0.717, 1.165) is 31.8 Å². The van der Waals surface area contributed by atoms with Gasteiger partial charge in [-0.3, -0.25) is 4.90 Å². The summed E-state index contributed by atoms with van der Waals surface area (Å²) in [6.45, 7) is 7.49. The number of nitrogens with zero attached hydrogens (tertiary/aromatic N) is 1. The maximum Gasteiger partial charge on any atom is 0.119 e. The Balaban J connectivity index is 0.00000200. The van der Waals surface area contributed by atoms with Gasteiger partial charge in [0.1, 0.15) is 5.75 Å². The van der Waals surface area contributed by atoms with Crippen molar-refractivity contribution in [1.82, 2.24) is 4.90 Å². The van der Waals surface area contributed by atoms with Gasteiger partial charge in [-0.1, -0.05) is 13.0 Å². The van der Waals surface area contributed by atoms with Crippen molar-refractivity contribution < 1.29 is 4.74 Å². The zero-order valence-corrected chi connectivity index (χ0v) is 13.6. The number of ether oxygens (including phenoxy) is 1. The SMILES string of the molecule is CCc1cc(OC)ccc1CN1CC(CN)CC1C.Cl. The van der Waals surface area contributed by atoms with Crippen molar-refractivity contribution in [2.75, 3.05) is 20.2 Å². The second-order valence-electron chi connectivity index (χ2n) is 5.60. The van der Waals surface area contributed by atoms with E-state index >= 15 is 0 Å². The lowest BCUT2D eigenvalue weighted by atomic mass is 10.0. The van der Waals surface area contributed by atoms with Crippen LogP contribution in [0.3, 0.4) is 0 Å². The van der Waals surface area contributed by atoms with Crippen molar-refractivity contribution in [2.24, 2.45) is 11.7 Å². The normalized spacial score (nSPS) is 22.6. The van der Waals surface area contributed by atoms with E-state index in [1.54, 1.807) is 7.11 Å². The second-order valence-corrected chi connectivity index (χ2v) is 5.60. The Bertz CT molecular complexity index is 425. The average Bonchev–Trinajstić information content (AvgIpc) is 2.80. The molecule has 1 aliphatic heterocycles. The van der Waals surface area contributed by atoms with Crippen molar-refractivity contribution >= 4 is 12.4 Å². The lowest BCUT2D eigenvalue weighted by molar-refractivity contribution is 0.255. The molecule has 1 aliphatic rings. The molecule has 1 aromatic rings. The van der Waals surface area contributed by atoms with Crippen LogP contribution in [-0.2, 0) is 13.0 Å². The smallest absolute Gasteiger partial charge is 0.119 e. The molecule has 0 bridgehead atoms.